The van der Waals surface area contributed by atoms with Crippen LogP contribution in [-0.4, -0.2) is 50.1 Å². The van der Waals surface area contributed by atoms with Crippen molar-refractivity contribution in [3.63, 3.8) is 0 Å². The number of guanidine groups is 1. The lowest BCUT2D eigenvalue weighted by molar-refractivity contribution is 0.206. The van der Waals surface area contributed by atoms with Crippen molar-refractivity contribution in [2.24, 2.45) is 4.99 Å². The maximum Gasteiger partial charge on any atom is 0.191 e. The van der Waals surface area contributed by atoms with Crippen LogP contribution in [0.2, 0.25) is 10.0 Å². The number of hydrogen-bond acceptors (Lipinski definition) is 2. The van der Waals surface area contributed by atoms with E-state index in [1.807, 2.05) is 19.2 Å². The second kappa shape index (κ2) is 10.1. The minimum Gasteiger partial charge on any atom is -0.356 e. The minimum absolute atomic E-state index is 0.503. The van der Waals surface area contributed by atoms with E-state index >= 15 is 0 Å². The van der Waals surface area contributed by atoms with Crippen molar-refractivity contribution in [3.8, 4) is 0 Å². The molecule has 0 aromatic heterocycles. The summed E-state index contributed by atoms with van der Waals surface area (Å²) in [6.07, 6.45) is 4.41. The second-order valence-corrected chi connectivity index (χ2v) is 7.09. The number of halogens is 2. The first-order valence-electron chi connectivity index (χ1n) is 8.75. The molecule has 1 fully saturated rings. The Morgan fingerprint density at radius 3 is 2.67 bits per heavy atom. The summed E-state index contributed by atoms with van der Waals surface area (Å²) in [6.45, 7) is 6.58. The summed E-state index contributed by atoms with van der Waals surface area (Å²) >= 11 is 12.1. The van der Waals surface area contributed by atoms with Crippen molar-refractivity contribution in [2.75, 3.05) is 33.2 Å². The third-order valence-electron chi connectivity index (χ3n) is 4.39. The predicted molar refractivity (Wildman–Crippen MR) is 104 cm³/mol. The van der Waals surface area contributed by atoms with Gasteiger partial charge in [-0.3, -0.25) is 4.99 Å². The van der Waals surface area contributed by atoms with Crippen LogP contribution in [0.4, 0.5) is 0 Å². The number of nitrogens with zero attached hydrogens (tertiary/aromatic N) is 2. The summed E-state index contributed by atoms with van der Waals surface area (Å²) in [5.41, 5.74) is 1.09. The summed E-state index contributed by atoms with van der Waals surface area (Å²) in [7, 11) is 1.82. The van der Waals surface area contributed by atoms with Crippen LogP contribution in [0.25, 0.3) is 0 Å². The third-order valence-corrected chi connectivity index (χ3v) is 4.98. The van der Waals surface area contributed by atoms with Crippen molar-refractivity contribution in [3.05, 3.63) is 33.8 Å². The van der Waals surface area contributed by atoms with Gasteiger partial charge in [0.2, 0.25) is 0 Å². The molecule has 134 valence electrons. The summed E-state index contributed by atoms with van der Waals surface area (Å²) in [4.78, 5) is 6.87. The van der Waals surface area contributed by atoms with E-state index < -0.39 is 0 Å². The van der Waals surface area contributed by atoms with Crippen LogP contribution in [0.15, 0.2) is 23.2 Å². The molecule has 6 heteroatoms. The summed E-state index contributed by atoms with van der Waals surface area (Å²) in [5, 5.41) is 8.30. The van der Waals surface area contributed by atoms with E-state index in [0.717, 1.165) is 29.5 Å². The molecule has 24 heavy (non-hydrogen) atoms. The minimum atomic E-state index is 0.503. The van der Waals surface area contributed by atoms with E-state index in [4.69, 9.17) is 23.2 Å². The third kappa shape index (κ3) is 6.15. The first kappa shape index (κ1) is 19.4. The van der Waals surface area contributed by atoms with Crippen LogP contribution in [0.3, 0.4) is 0 Å². The Hall–Kier alpha value is -0.970. The van der Waals surface area contributed by atoms with Gasteiger partial charge < -0.3 is 15.5 Å². The summed E-state index contributed by atoms with van der Waals surface area (Å²) < 4.78 is 0. The Morgan fingerprint density at radius 1 is 1.29 bits per heavy atom. The molecule has 1 aromatic carbocycles. The van der Waals surface area contributed by atoms with Gasteiger partial charge in [-0.15, -0.1) is 0 Å². The fourth-order valence-corrected chi connectivity index (χ4v) is 3.55. The summed E-state index contributed by atoms with van der Waals surface area (Å²) in [6, 6.07) is 6.14. The zero-order valence-corrected chi connectivity index (χ0v) is 16.1. The van der Waals surface area contributed by atoms with Crippen molar-refractivity contribution in [1.29, 1.82) is 0 Å². The Kier molecular flexibility index (Phi) is 8.16. The van der Waals surface area contributed by atoms with Gasteiger partial charge in [0.1, 0.15) is 0 Å². The quantitative estimate of drug-likeness (QED) is 0.593. The van der Waals surface area contributed by atoms with E-state index in [1.54, 1.807) is 6.07 Å². The lowest BCUT2D eigenvalue weighted by atomic mass is 10.1. The molecular formula is C18H28Cl2N4. The molecule has 1 aliphatic rings. The van der Waals surface area contributed by atoms with E-state index in [0.29, 0.717) is 11.1 Å². The fourth-order valence-electron chi connectivity index (χ4n) is 3.05. The molecular weight excluding hydrogens is 343 g/mol. The highest BCUT2D eigenvalue weighted by Gasteiger charge is 2.19. The lowest BCUT2D eigenvalue weighted by Crippen LogP contribution is -2.49. The standard InChI is InChI=1S/C18H28Cl2N4/c1-3-10-24-11-7-16(8-12-24)23-18(21-2)22-9-6-14-4-5-15(19)13-17(14)20/h4-5,13,16H,3,6-12H2,1-2H3,(H2,21,22,23). The SMILES string of the molecule is CCCN1CCC(NC(=NC)NCCc2ccc(Cl)cc2Cl)CC1. The van der Waals surface area contributed by atoms with Gasteiger partial charge in [0, 0.05) is 42.8 Å². The Labute approximate surface area is 155 Å². The molecule has 0 bridgehead atoms. The highest BCUT2D eigenvalue weighted by atomic mass is 35.5. The number of hydrogen-bond donors (Lipinski definition) is 2. The number of benzene rings is 1. The average molecular weight is 371 g/mol. The Bertz CT molecular complexity index is 540. The smallest absolute Gasteiger partial charge is 0.191 e. The van der Waals surface area contributed by atoms with Crippen LogP contribution < -0.4 is 10.6 Å². The van der Waals surface area contributed by atoms with Crippen molar-refractivity contribution in [1.82, 2.24) is 15.5 Å². The van der Waals surface area contributed by atoms with E-state index in [-0.39, 0.29) is 0 Å². The normalized spacial score (nSPS) is 17.1. The number of likely N-dealkylation sites (tertiary alicyclic amines) is 1. The van der Waals surface area contributed by atoms with E-state index in [1.165, 1.54) is 38.9 Å². The monoisotopic (exact) mass is 370 g/mol. The first-order valence-corrected chi connectivity index (χ1v) is 9.51. The molecule has 0 amide bonds. The zero-order valence-electron chi connectivity index (χ0n) is 14.6. The number of nitrogens with one attached hydrogen (secondary N) is 2. The molecule has 1 saturated heterocycles. The molecule has 2 N–H and O–H groups in total. The van der Waals surface area contributed by atoms with Gasteiger partial charge in [0.15, 0.2) is 5.96 Å². The van der Waals surface area contributed by atoms with Gasteiger partial charge in [0.05, 0.1) is 0 Å². The maximum atomic E-state index is 6.21. The lowest BCUT2D eigenvalue weighted by Gasteiger charge is -2.32. The topological polar surface area (TPSA) is 39.7 Å². The number of piperidine rings is 1. The highest BCUT2D eigenvalue weighted by Crippen LogP contribution is 2.21. The molecule has 4 nitrogen and oxygen atoms in total. The second-order valence-electron chi connectivity index (χ2n) is 6.24. The first-order chi connectivity index (χ1) is 11.6. The van der Waals surface area contributed by atoms with Gasteiger partial charge in [-0.05, 0) is 49.9 Å². The Balaban J connectivity index is 1.73. The van der Waals surface area contributed by atoms with Crippen molar-refractivity contribution < 1.29 is 0 Å². The molecule has 1 heterocycles. The number of rotatable bonds is 6. The molecule has 0 radical (unpaired) electrons. The maximum absolute atomic E-state index is 6.21. The predicted octanol–water partition coefficient (Wildman–Crippen LogP) is 3.58. The van der Waals surface area contributed by atoms with Gasteiger partial charge in [-0.1, -0.05) is 36.2 Å². The molecule has 0 aliphatic carbocycles. The molecule has 2 rings (SSSR count). The molecule has 0 atom stereocenters. The van der Waals surface area contributed by atoms with Gasteiger partial charge in [-0.2, -0.15) is 0 Å². The largest absolute Gasteiger partial charge is 0.356 e. The zero-order chi connectivity index (χ0) is 17.4. The number of aliphatic imine (C=N–C) groups is 1. The molecule has 1 aromatic rings. The van der Waals surface area contributed by atoms with Crippen LogP contribution in [-0.2, 0) is 6.42 Å². The highest BCUT2D eigenvalue weighted by molar-refractivity contribution is 6.35. The van der Waals surface area contributed by atoms with E-state index in [2.05, 4.69) is 27.4 Å². The van der Waals surface area contributed by atoms with Gasteiger partial charge in [0.25, 0.3) is 0 Å². The summed E-state index contributed by atoms with van der Waals surface area (Å²) in [5.74, 6) is 0.869. The van der Waals surface area contributed by atoms with Crippen LogP contribution in [0.5, 0.6) is 0 Å². The fraction of sp³-hybridized carbons (Fsp3) is 0.611. The molecule has 0 unspecified atom stereocenters. The van der Waals surface area contributed by atoms with Crippen LogP contribution in [0, 0.1) is 0 Å². The van der Waals surface area contributed by atoms with Gasteiger partial charge >= 0.3 is 0 Å². The van der Waals surface area contributed by atoms with Crippen molar-refractivity contribution >= 4 is 29.2 Å². The van der Waals surface area contributed by atoms with Crippen LogP contribution in [0.1, 0.15) is 31.7 Å². The molecule has 1 aliphatic heterocycles. The molecule has 0 saturated carbocycles. The Morgan fingerprint density at radius 2 is 2.04 bits per heavy atom. The van der Waals surface area contributed by atoms with Crippen molar-refractivity contribution in [2.45, 2.75) is 38.6 Å². The van der Waals surface area contributed by atoms with E-state index in [9.17, 15) is 0 Å². The van der Waals surface area contributed by atoms with Gasteiger partial charge in [-0.25, -0.2) is 0 Å². The molecule has 0 spiro atoms. The average Bonchev–Trinajstić information content (AvgIpc) is 2.57. The van der Waals surface area contributed by atoms with Crippen LogP contribution >= 0.6 is 23.2 Å².